The van der Waals surface area contributed by atoms with Gasteiger partial charge in [-0.25, -0.2) is 0 Å². The molecule has 4 fully saturated rings. The summed E-state index contributed by atoms with van der Waals surface area (Å²) in [4.78, 5) is 12.5. The highest BCUT2D eigenvalue weighted by atomic mass is 16.8. The molecule has 304 valence electrons. The molecule has 4 aliphatic heterocycles. The van der Waals surface area contributed by atoms with Crippen LogP contribution in [0.3, 0.4) is 0 Å². The molecule has 0 bridgehead atoms. The fourth-order valence-electron chi connectivity index (χ4n) is 6.29. The van der Waals surface area contributed by atoms with Crippen LogP contribution >= 0.6 is 0 Å². The van der Waals surface area contributed by atoms with Crippen molar-refractivity contribution in [2.24, 2.45) is 0 Å². The molecule has 4 aliphatic rings. The van der Waals surface area contributed by atoms with Crippen LogP contribution in [0.4, 0.5) is 0 Å². The number of hydrogen-bond donors (Lipinski definition) is 14. The molecule has 52 heavy (non-hydrogen) atoms. The maximum Gasteiger partial charge on any atom is 0.217 e. The van der Waals surface area contributed by atoms with Crippen molar-refractivity contribution in [1.29, 1.82) is 0 Å². The average Bonchev–Trinajstić information content (AvgIpc) is 3.12. The van der Waals surface area contributed by atoms with Gasteiger partial charge in [-0.2, -0.15) is 0 Å². The summed E-state index contributed by atoms with van der Waals surface area (Å²) in [6, 6.07) is -1.61. The lowest BCUT2D eigenvalue weighted by molar-refractivity contribution is -0.387. The van der Waals surface area contributed by atoms with Gasteiger partial charge in [0, 0.05) is 6.92 Å². The Bertz CT molecular complexity index is 1110. The topological polar surface area (TPSA) is 366 Å². The van der Waals surface area contributed by atoms with Crippen LogP contribution in [0.25, 0.3) is 0 Å². The zero-order valence-corrected chi connectivity index (χ0v) is 28.1. The monoisotopic (exact) mass is 765 g/mol. The second-order valence-corrected chi connectivity index (χ2v) is 13.0. The Morgan fingerprint density at radius 2 is 1.06 bits per heavy atom. The van der Waals surface area contributed by atoms with E-state index < -0.39 is 168 Å². The fraction of sp³-hybridized carbons (Fsp3) is 0.966. The molecule has 14 N–H and O–H groups in total. The largest absolute Gasteiger partial charge is 0.394 e. The van der Waals surface area contributed by atoms with Gasteiger partial charge in [0.05, 0.1) is 39.1 Å². The van der Waals surface area contributed by atoms with Gasteiger partial charge in [-0.3, -0.25) is 4.79 Å². The number of aliphatic hydroxyl groups excluding tert-OH is 13. The molecule has 0 aliphatic carbocycles. The van der Waals surface area contributed by atoms with Crippen molar-refractivity contribution in [3.8, 4) is 0 Å². The molecule has 0 aromatic heterocycles. The molecule has 0 radical (unpaired) electrons. The van der Waals surface area contributed by atoms with Crippen molar-refractivity contribution in [3.63, 3.8) is 0 Å². The highest BCUT2D eigenvalue weighted by Crippen LogP contribution is 2.35. The van der Waals surface area contributed by atoms with E-state index in [1.165, 1.54) is 6.92 Å². The Morgan fingerprint density at radius 1 is 0.558 bits per heavy atom. The van der Waals surface area contributed by atoms with E-state index in [-0.39, 0.29) is 0 Å². The first-order valence-corrected chi connectivity index (χ1v) is 16.6. The lowest BCUT2D eigenvalue weighted by Crippen LogP contribution is -2.70. The number of aliphatic hydroxyl groups is 13. The second kappa shape index (κ2) is 19.0. The smallest absolute Gasteiger partial charge is 0.217 e. The summed E-state index contributed by atoms with van der Waals surface area (Å²) in [7, 11) is 0. The van der Waals surface area contributed by atoms with Gasteiger partial charge in [-0.1, -0.05) is 0 Å². The van der Waals surface area contributed by atoms with Gasteiger partial charge < -0.3 is 110 Å². The van der Waals surface area contributed by atoms with Gasteiger partial charge >= 0.3 is 0 Å². The van der Waals surface area contributed by atoms with E-state index in [9.17, 15) is 71.2 Å². The van der Waals surface area contributed by atoms with Crippen molar-refractivity contribution in [1.82, 2.24) is 5.32 Å². The highest BCUT2D eigenvalue weighted by Gasteiger charge is 2.56. The van der Waals surface area contributed by atoms with Crippen molar-refractivity contribution >= 4 is 5.91 Å². The molecule has 4 heterocycles. The second-order valence-electron chi connectivity index (χ2n) is 13.0. The predicted octanol–water partition coefficient (Wildman–Crippen LogP) is -9.20. The molecule has 23 nitrogen and oxygen atoms in total. The van der Waals surface area contributed by atoms with E-state index in [2.05, 4.69) is 5.32 Å². The lowest BCUT2D eigenvalue weighted by Gasteiger charge is -2.50. The van der Waals surface area contributed by atoms with Gasteiger partial charge in [0.15, 0.2) is 25.2 Å². The van der Waals surface area contributed by atoms with Gasteiger partial charge in [-0.15, -0.1) is 0 Å². The number of carbonyl (C=O) groups excluding carboxylic acids is 1. The molecular formula is C29H51NO22. The number of hydrogen-bond acceptors (Lipinski definition) is 22. The number of ether oxygens (including phenoxy) is 8. The van der Waals surface area contributed by atoms with Gasteiger partial charge in [0.1, 0.15) is 97.6 Å². The fourth-order valence-corrected chi connectivity index (χ4v) is 6.29. The molecule has 0 saturated carbocycles. The van der Waals surface area contributed by atoms with E-state index in [1.54, 1.807) is 0 Å². The Labute approximate surface area is 296 Å². The van der Waals surface area contributed by atoms with E-state index in [0.29, 0.717) is 0 Å². The molecule has 4 rings (SSSR count). The Kier molecular flexibility index (Phi) is 15.8. The summed E-state index contributed by atoms with van der Waals surface area (Å²) >= 11 is 0. The third kappa shape index (κ3) is 9.35. The normalized spacial score (nSPS) is 47.4. The summed E-state index contributed by atoms with van der Waals surface area (Å²) in [5.74, 6) is -0.760. The minimum atomic E-state index is -2.01. The molecular weight excluding hydrogens is 714 g/mol. The van der Waals surface area contributed by atoms with Crippen LogP contribution in [0.5, 0.6) is 0 Å². The molecule has 0 aromatic rings. The van der Waals surface area contributed by atoms with Crippen LogP contribution in [-0.2, 0) is 42.7 Å². The zero-order valence-electron chi connectivity index (χ0n) is 28.1. The summed E-state index contributed by atoms with van der Waals surface area (Å²) in [5.41, 5.74) is 0. The minimum absolute atomic E-state index is 0.663. The van der Waals surface area contributed by atoms with Crippen LogP contribution < -0.4 is 5.32 Å². The van der Waals surface area contributed by atoms with Crippen molar-refractivity contribution < 1.29 is 109 Å². The summed E-state index contributed by atoms with van der Waals surface area (Å²) < 4.78 is 45.3. The lowest BCUT2D eigenvalue weighted by atomic mass is 9.94. The minimum Gasteiger partial charge on any atom is -0.394 e. The van der Waals surface area contributed by atoms with Crippen LogP contribution in [0.2, 0.25) is 0 Å². The number of amides is 1. The van der Waals surface area contributed by atoms with Crippen LogP contribution in [0.15, 0.2) is 0 Å². The Morgan fingerprint density at radius 3 is 1.62 bits per heavy atom. The molecule has 0 aromatic carbocycles. The number of nitrogens with one attached hydrogen (secondary N) is 1. The number of carbonyl (C=O) groups is 1. The van der Waals surface area contributed by atoms with Gasteiger partial charge in [0.25, 0.3) is 0 Å². The maximum absolute atomic E-state index is 12.5. The van der Waals surface area contributed by atoms with Crippen LogP contribution in [-0.4, -0.2) is 234 Å². The van der Waals surface area contributed by atoms with E-state index >= 15 is 0 Å². The number of rotatable bonds is 14. The van der Waals surface area contributed by atoms with Crippen LogP contribution in [0.1, 0.15) is 13.8 Å². The van der Waals surface area contributed by atoms with Crippen LogP contribution in [0, 0.1) is 0 Å². The van der Waals surface area contributed by atoms with Gasteiger partial charge in [-0.05, 0) is 6.92 Å². The van der Waals surface area contributed by atoms with Crippen molar-refractivity contribution in [2.75, 3.05) is 33.0 Å². The third-order valence-electron chi connectivity index (χ3n) is 9.29. The summed E-state index contributed by atoms with van der Waals surface area (Å²) in [5, 5.41) is 137. The average molecular weight is 766 g/mol. The van der Waals surface area contributed by atoms with Gasteiger partial charge in [0.2, 0.25) is 5.91 Å². The SMILES string of the molecule is CC(=O)N[C@H]1[C@H](O[C@@H]2[C@@H](O)[C@H](C)O[C@@H](OC(CO)CO)[C@@H]2O)O[C@H](CO)[C@@H](O)[C@@H]1O[C@@H]1O[C@H](CO)[C@H](O)[C@H](O)[C@H]1O[C@@H]1O[C@H](CO)[C@@H](O)[C@H](O)[C@H]1O. The first kappa shape index (κ1) is 43.4. The standard InChI is InChI=1S/C29H51NO22/c1-8-15(37)24(22(44)28(45-8)46-10(3-31)4-32)51-26-14(30-9(2)36)23(18(40)13(7-35)47-26)50-29-25(20(42)17(39)12(6-34)49-29)52-27-21(43)19(41)16(38)11(5-33)48-27/h8,10-29,31-35,37-44H,3-7H2,1-2H3,(H,30,36)/t8-,11+,12+,13+,14+,15-,16+,17-,18+,19-,20-,21+,22+,23+,24+,25+,26-,27-,28-,29-/m0/s1. The molecule has 20 atom stereocenters. The van der Waals surface area contributed by atoms with E-state index in [4.69, 9.17) is 37.9 Å². The first-order chi connectivity index (χ1) is 24.6. The molecule has 0 spiro atoms. The van der Waals surface area contributed by atoms with Crippen molar-refractivity contribution in [2.45, 2.75) is 143 Å². The molecule has 4 saturated heterocycles. The highest BCUT2D eigenvalue weighted by molar-refractivity contribution is 5.73. The molecule has 1 amide bonds. The Hall–Kier alpha value is -1.37. The summed E-state index contributed by atoms with van der Waals surface area (Å²) in [6.45, 7) is -1.50. The molecule has 0 unspecified atom stereocenters. The van der Waals surface area contributed by atoms with Crippen molar-refractivity contribution in [3.05, 3.63) is 0 Å². The van der Waals surface area contributed by atoms with E-state index in [0.717, 1.165) is 6.92 Å². The quantitative estimate of drug-likeness (QED) is 0.0780. The predicted molar refractivity (Wildman–Crippen MR) is 161 cm³/mol. The maximum atomic E-state index is 12.5. The Balaban J connectivity index is 1.66. The third-order valence-corrected chi connectivity index (χ3v) is 9.29. The zero-order chi connectivity index (χ0) is 38.6. The van der Waals surface area contributed by atoms with E-state index in [1.807, 2.05) is 0 Å². The summed E-state index contributed by atoms with van der Waals surface area (Å²) in [6.07, 6.45) is -34.2. The first-order valence-electron chi connectivity index (χ1n) is 16.6. The molecule has 23 heteroatoms.